The predicted octanol–water partition coefficient (Wildman–Crippen LogP) is 2.48. The van der Waals surface area contributed by atoms with Gasteiger partial charge in [0, 0.05) is 6.42 Å². The Kier molecular flexibility index (Phi) is 3.55. The van der Waals surface area contributed by atoms with E-state index in [1.54, 1.807) is 0 Å². The van der Waals surface area contributed by atoms with Crippen molar-refractivity contribution in [1.82, 2.24) is 0 Å². The Hall–Kier alpha value is -2.09. The van der Waals surface area contributed by atoms with Crippen LogP contribution in [0.2, 0.25) is 0 Å². The van der Waals surface area contributed by atoms with Gasteiger partial charge in [0.1, 0.15) is 7.85 Å². The average molecular weight is 260 g/mol. The smallest absolute Gasteiger partial charge is 0.156 e. The average Bonchev–Trinajstić information content (AvgIpc) is 2.48. The molecule has 98 valence electrons. The SMILES string of the molecule is Bc1ccc(C2=CC(=O)CC(c3ccccc3)C2)cc1. The molecule has 1 atom stereocenters. The monoisotopic (exact) mass is 260 g/mol. The van der Waals surface area contributed by atoms with E-state index in [0.717, 1.165) is 12.0 Å². The van der Waals surface area contributed by atoms with Gasteiger partial charge in [0.15, 0.2) is 5.78 Å². The van der Waals surface area contributed by atoms with E-state index in [-0.39, 0.29) is 5.78 Å². The summed E-state index contributed by atoms with van der Waals surface area (Å²) in [6.45, 7) is 0. The quantitative estimate of drug-likeness (QED) is 0.758. The second kappa shape index (κ2) is 5.50. The van der Waals surface area contributed by atoms with Crippen LogP contribution < -0.4 is 5.46 Å². The molecule has 20 heavy (non-hydrogen) atoms. The van der Waals surface area contributed by atoms with Crippen LogP contribution in [0.1, 0.15) is 29.9 Å². The van der Waals surface area contributed by atoms with E-state index in [1.807, 2.05) is 24.3 Å². The van der Waals surface area contributed by atoms with Crippen LogP contribution >= 0.6 is 0 Å². The Morgan fingerprint density at radius 1 is 0.900 bits per heavy atom. The van der Waals surface area contributed by atoms with Crippen LogP contribution in [-0.2, 0) is 4.79 Å². The summed E-state index contributed by atoms with van der Waals surface area (Å²) < 4.78 is 0. The maximum absolute atomic E-state index is 12.0. The lowest BCUT2D eigenvalue weighted by Crippen LogP contribution is -2.12. The van der Waals surface area contributed by atoms with Crippen LogP contribution in [0.4, 0.5) is 0 Å². The molecule has 0 amide bonds. The molecule has 0 fully saturated rings. The molecule has 3 rings (SSSR count). The second-order valence-corrected chi connectivity index (χ2v) is 5.52. The third-order valence-electron chi connectivity index (χ3n) is 3.94. The van der Waals surface area contributed by atoms with E-state index in [2.05, 4.69) is 44.2 Å². The Bertz CT molecular complexity index is 641. The van der Waals surface area contributed by atoms with Crippen molar-refractivity contribution in [3.8, 4) is 0 Å². The van der Waals surface area contributed by atoms with E-state index in [4.69, 9.17) is 0 Å². The van der Waals surface area contributed by atoms with Gasteiger partial charge in [-0.15, -0.1) is 0 Å². The number of hydrogen-bond acceptors (Lipinski definition) is 1. The van der Waals surface area contributed by atoms with Gasteiger partial charge in [-0.1, -0.05) is 60.1 Å². The first-order valence-corrected chi connectivity index (χ1v) is 7.08. The van der Waals surface area contributed by atoms with Gasteiger partial charge in [-0.2, -0.15) is 0 Å². The van der Waals surface area contributed by atoms with Gasteiger partial charge >= 0.3 is 0 Å². The van der Waals surface area contributed by atoms with Crippen LogP contribution in [0.15, 0.2) is 60.7 Å². The highest BCUT2D eigenvalue weighted by Gasteiger charge is 2.22. The lowest BCUT2D eigenvalue weighted by Gasteiger charge is -2.22. The molecule has 0 heterocycles. The normalized spacial score (nSPS) is 18.7. The van der Waals surface area contributed by atoms with Crippen molar-refractivity contribution in [3.05, 3.63) is 71.8 Å². The van der Waals surface area contributed by atoms with E-state index >= 15 is 0 Å². The molecular formula is C18H17BO. The van der Waals surface area contributed by atoms with Crippen molar-refractivity contribution >= 4 is 24.7 Å². The van der Waals surface area contributed by atoms with E-state index in [9.17, 15) is 4.79 Å². The number of carbonyl (C=O) groups excluding carboxylic acids is 1. The summed E-state index contributed by atoms with van der Waals surface area (Å²) in [6.07, 6.45) is 3.39. The minimum absolute atomic E-state index is 0.237. The minimum atomic E-state index is 0.237. The molecule has 0 N–H and O–H groups in total. The summed E-state index contributed by atoms with van der Waals surface area (Å²) in [4.78, 5) is 12.0. The third kappa shape index (κ3) is 2.74. The minimum Gasteiger partial charge on any atom is -0.295 e. The predicted molar refractivity (Wildman–Crippen MR) is 86.0 cm³/mol. The summed E-state index contributed by atoms with van der Waals surface area (Å²) in [6, 6.07) is 18.8. The van der Waals surface area contributed by atoms with E-state index in [0.29, 0.717) is 12.3 Å². The number of hydrogen-bond donors (Lipinski definition) is 0. The molecule has 0 saturated heterocycles. The lowest BCUT2D eigenvalue weighted by molar-refractivity contribution is -0.115. The van der Waals surface area contributed by atoms with E-state index < -0.39 is 0 Å². The number of allylic oxidation sites excluding steroid dienone is 2. The lowest BCUT2D eigenvalue weighted by atomic mass is 9.80. The summed E-state index contributed by atoms with van der Waals surface area (Å²) in [5.41, 5.74) is 4.84. The van der Waals surface area contributed by atoms with Gasteiger partial charge in [-0.05, 0) is 35.1 Å². The maximum atomic E-state index is 12.0. The van der Waals surface area contributed by atoms with Crippen LogP contribution in [0.5, 0.6) is 0 Å². The number of carbonyl (C=O) groups is 1. The highest BCUT2D eigenvalue weighted by atomic mass is 16.1. The molecule has 0 aliphatic heterocycles. The van der Waals surface area contributed by atoms with Crippen molar-refractivity contribution in [2.45, 2.75) is 18.8 Å². The second-order valence-electron chi connectivity index (χ2n) is 5.52. The van der Waals surface area contributed by atoms with Crippen LogP contribution in [0.25, 0.3) is 5.57 Å². The van der Waals surface area contributed by atoms with Crippen molar-refractivity contribution in [1.29, 1.82) is 0 Å². The Balaban J connectivity index is 1.89. The van der Waals surface area contributed by atoms with Crippen molar-refractivity contribution < 1.29 is 4.79 Å². The number of ketones is 1. The van der Waals surface area contributed by atoms with Gasteiger partial charge in [0.2, 0.25) is 0 Å². The molecule has 0 saturated carbocycles. The fourth-order valence-corrected chi connectivity index (χ4v) is 2.82. The summed E-state index contributed by atoms with van der Waals surface area (Å²) in [5.74, 6) is 0.547. The zero-order valence-corrected chi connectivity index (χ0v) is 11.7. The topological polar surface area (TPSA) is 17.1 Å². The van der Waals surface area contributed by atoms with Crippen molar-refractivity contribution in [2.75, 3.05) is 0 Å². The molecular weight excluding hydrogens is 243 g/mol. The van der Waals surface area contributed by atoms with Crippen molar-refractivity contribution in [2.24, 2.45) is 0 Å². The highest BCUT2D eigenvalue weighted by Crippen LogP contribution is 2.35. The molecule has 0 aromatic heterocycles. The maximum Gasteiger partial charge on any atom is 0.156 e. The molecule has 1 aliphatic rings. The Morgan fingerprint density at radius 2 is 1.60 bits per heavy atom. The van der Waals surface area contributed by atoms with Gasteiger partial charge in [0.05, 0.1) is 0 Å². The van der Waals surface area contributed by atoms with Gasteiger partial charge in [-0.3, -0.25) is 4.79 Å². The van der Waals surface area contributed by atoms with Gasteiger partial charge in [0.25, 0.3) is 0 Å². The third-order valence-corrected chi connectivity index (χ3v) is 3.94. The van der Waals surface area contributed by atoms with Crippen LogP contribution in [-0.4, -0.2) is 13.6 Å². The molecule has 1 nitrogen and oxygen atoms in total. The fraction of sp³-hybridized carbons (Fsp3) is 0.167. The summed E-state index contributed by atoms with van der Waals surface area (Å²) in [5, 5.41) is 0. The Labute approximate surface area is 120 Å². The highest BCUT2D eigenvalue weighted by molar-refractivity contribution is 6.32. The van der Waals surface area contributed by atoms with Gasteiger partial charge in [-0.25, -0.2) is 0 Å². The van der Waals surface area contributed by atoms with Crippen LogP contribution in [0.3, 0.4) is 0 Å². The molecule has 0 spiro atoms. The number of benzene rings is 2. The molecule has 2 heteroatoms. The zero-order valence-electron chi connectivity index (χ0n) is 11.7. The molecule has 2 aromatic rings. The standard InChI is InChI=1S/C18H17BO/c19-17-8-6-14(7-9-17)16-10-15(11-18(20)12-16)13-4-2-1-3-5-13/h1-9,12,15H,10-11,19H2. The summed E-state index contributed by atoms with van der Waals surface area (Å²) in [7, 11) is 2.08. The molecule has 1 unspecified atom stereocenters. The molecule has 0 radical (unpaired) electrons. The first-order chi connectivity index (χ1) is 9.72. The zero-order chi connectivity index (χ0) is 13.9. The largest absolute Gasteiger partial charge is 0.295 e. The van der Waals surface area contributed by atoms with E-state index in [1.165, 1.54) is 16.6 Å². The van der Waals surface area contributed by atoms with Crippen LogP contribution in [0, 0.1) is 0 Å². The fourth-order valence-electron chi connectivity index (χ4n) is 2.82. The Morgan fingerprint density at radius 3 is 2.30 bits per heavy atom. The first kappa shape index (κ1) is 12.9. The molecule has 1 aliphatic carbocycles. The van der Waals surface area contributed by atoms with Crippen molar-refractivity contribution in [3.63, 3.8) is 0 Å². The van der Waals surface area contributed by atoms with Gasteiger partial charge < -0.3 is 0 Å². The number of rotatable bonds is 2. The summed E-state index contributed by atoms with van der Waals surface area (Å²) >= 11 is 0. The first-order valence-electron chi connectivity index (χ1n) is 7.08. The molecule has 2 aromatic carbocycles. The molecule has 0 bridgehead atoms.